The number of carboxylic acids is 1. The Kier molecular flexibility index (Phi) is 7.19. The van der Waals surface area contributed by atoms with Gasteiger partial charge in [0.1, 0.15) is 0 Å². The van der Waals surface area contributed by atoms with Crippen molar-refractivity contribution in [3.8, 4) is 0 Å². The Labute approximate surface area is 125 Å². The lowest BCUT2D eigenvalue weighted by molar-refractivity contribution is -0.141. The minimum Gasteiger partial charge on any atom is -0.481 e. The zero-order valence-corrected chi connectivity index (χ0v) is 13.2. The van der Waals surface area contributed by atoms with Gasteiger partial charge in [0, 0.05) is 17.8 Å². The second-order valence-corrected chi connectivity index (χ2v) is 6.86. The zero-order chi connectivity index (χ0) is 15.0. The summed E-state index contributed by atoms with van der Waals surface area (Å²) >= 11 is 1.85. The number of carboxylic acid groups (broad SMARTS) is 1. The predicted molar refractivity (Wildman–Crippen MR) is 82.1 cm³/mol. The maximum absolute atomic E-state index is 11.7. The molecular weight excluding hydrogens is 276 g/mol. The van der Waals surface area contributed by atoms with E-state index in [0.717, 1.165) is 0 Å². The van der Waals surface area contributed by atoms with Gasteiger partial charge >= 0.3 is 12.0 Å². The first-order valence-electron chi connectivity index (χ1n) is 7.29. The first-order chi connectivity index (χ1) is 9.49. The minimum atomic E-state index is -0.780. The highest BCUT2D eigenvalue weighted by atomic mass is 32.2. The van der Waals surface area contributed by atoms with E-state index in [9.17, 15) is 9.59 Å². The number of amides is 2. The van der Waals surface area contributed by atoms with Gasteiger partial charge in [0.15, 0.2) is 0 Å². The smallest absolute Gasteiger partial charge is 0.314 e. The molecule has 3 N–H and O–H groups in total. The number of hydrogen-bond donors (Lipinski definition) is 3. The fraction of sp³-hybridized carbons (Fsp3) is 0.857. The molecule has 1 rings (SSSR count). The lowest BCUT2D eigenvalue weighted by Gasteiger charge is -2.26. The lowest BCUT2D eigenvalue weighted by atomic mass is 10.1. The number of aliphatic carboxylic acids is 1. The van der Waals surface area contributed by atoms with E-state index in [-0.39, 0.29) is 16.7 Å². The summed E-state index contributed by atoms with van der Waals surface area (Å²) in [4.78, 5) is 22.3. The summed E-state index contributed by atoms with van der Waals surface area (Å²) < 4.78 is 0.217. The van der Waals surface area contributed by atoms with Crippen LogP contribution >= 0.6 is 11.8 Å². The number of urea groups is 1. The maximum atomic E-state index is 11.7. The van der Waals surface area contributed by atoms with Crippen molar-refractivity contribution < 1.29 is 14.7 Å². The van der Waals surface area contributed by atoms with Crippen molar-refractivity contribution in [1.29, 1.82) is 0 Å². The average Bonchev–Trinajstić information content (AvgIpc) is 2.90. The molecule has 6 heteroatoms. The van der Waals surface area contributed by atoms with Gasteiger partial charge in [-0.2, -0.15) is 11.8 Å². The van der Waals surface area contributed by atoms with Crippen LogP contribution in [0.25, 0.3) is 0 Å². The summed E-state index contributed by atoms with van der Waals surface area (Å²) in [6.07, 6.45) is 8.22. The first kappa shape index (κ1) is 17.1. The summed E-state index contributed by atoms with van der Waals surface area (Å²) in [7, 11) is 0. The van der Waals surface area contributed by atoms with E-state index >= 15 is 0 Å². The van der Waals surface area contributed by atoms with E-state index < -0.39 is 5.97 Å². The standard InChI is InChI=1S/C14H26N2O3S/c1-11(12(17)18)6-5-9-15-13(19)16-10-14(20-2)7-3-4-8-14/h11H,3-10H2,1-2H3,(H,17,18)(H2,15,16,19). The molecule has 1 saturated carbocycles. The van der Waals surface area contributed by atoms with Crippen molar-refractivity contribution in [3.05, 3.63) is 0 Å². The van der Waals surface area contributed by atoms with Crippen LogP contribution in [0.4, 0.5) is 4.79 Å². The number of rotatable bonds is 8. The average molecular weight is 302 g/mol. The van der Waals surface area contributed by atoms with Crippen molar-refractivity contribution in [2.45, 2.75) is 50.2 Å². The molecule has 0 aromatic rings. The summed E-state index contributed by atoms with van der Waals surface area (Å²) in [5, 5.41) is 14.5. The van der Waals surface area contributed by atoms with Crippen molar-refractivity contribution >= 4 is 23.8 Å². The Hall–Kier alpha value is -0.910. The molecule has 0 heterocycles. The largest absolute Gasteiger partial charge is 0.481 e. The van der Waals surface area contributed by atoms with Gasteiger partial charge in [-0.05, 0) is 31.9 Å². The Morgan fingerprint density at radius 2 is 1.95 bits per heavy atom. The highest BCUT2D eigenvalue weighted by Gasteiger charge is 2.33. The quantitative estimate of drug-likeness (QED) is 0.602. The van der Waals surface area contributed by atoms with E-state index in [1.165, 1.54) is 25.7 Å². The third kappa shape index (κ3) is 5.61. The molecule has 20 heavy (non-hydrogen) atoms. The van der Waals surface area contributed by atoms with Crippen LogP contribution in [0.5, 0.6) is 0 Å². The van der Waals surface area contributed by atoms with Crippen LogP contribution in [0.15, 0.2) is 0 Å². The van der Waals surface area contributed by atoms with Crippen LogP contribution in [0.3, 0.4) is 0 Å². The van der Waals surface area contributed by atoms with Gasteiger partial charge in [-0.1, -0.05) is 19.8 Å². The van der Waals surface area contributed by atoms with Gasteiger partial charge in [-0.3, -0.25) is 4.79 Å². The van der Waals surface area contributed by atoms with Crippen molar-refractivity contribution in [2.75, 3.05) is 19.3 Å². The molecule has 0 spiro atoms. The van der Waals surface area contributed by atoms with E-state index in [0.29, 0.717) is 25.9 Å². The highest BCUT2D eigenvalue weighted by molar-refractivity contribution is 8.00. The maximum Gasteiger partial charge on any atom is 0.314 e. The normalized spacial score (nSPS) is 18.5. The van der Waals surface area contributed by atoms with Crippen LogP contribution in [0.2, 0.25) is 0 Å². The Morgan fingerprint density at radius 3 is 2.50 bits per heavy atom. The second kappa shape index (κ2) is 8.39. The molecule has 0 aromatic heterocycles. The molecule has 1 atom stereocenters. The summed E-state index contributed by atoms with van der Waals surface area (Å²) in [6, 6.07) is -0.145. The Balaban J connectivity index is 2.13. The number of carbonyl (C=O) groups is 2. The lowest BCUT2D eigenvalue weighted by Crippen LogP contribution is -2.43. The van der Waals surface area contributed by atoms with Gasteiger partial charge in [0.2, 0.25) is 0 Å². The summed E-state index contributed by atoms with van der Waals surface area (Å²) in [6.45, 7) is 2.92. The number of hydrogen-bond acceptors (Lipinski definition) is 3. The molecular formula is C14H26N2O3S. The highest BCUT2D eigenvalue weighted by Crippen LogP contribution is 2.39. The van der Waals surface area contributed by atoms with Crippen LogP contribution < -0.4 is 10.6 Å². The van der Waals surface area contributed by atoms with Crippen LogP contribution in [-0.2, 0) is 4.79 Å². The number of nitrogens with one attached hydrogen (secondary N) is 2. The Morgan fingerprint density at radius 1 is 1.30 bits per heavy atom. The van der Waals surface area contributed by atoms with Crippen LogP contribution in [0.1, 0.15) is 45.4 Å². The SMILES string of the molecule is CSC1(CNC(=O)NCCCC(C)C(=O)O)CCCC1. The molecule has 116 valence electrons. The summed E-state index contributed by atoms with van der Waals surface area (Å²) in [5.41, 5.74) is 0. The van der Waals surface area contributed by atoms with Crippen molar-refractivity contribution in [3.63, 3.8) is 0 Å². The van der Waals surface area contributed by atoms with Crippen molar-refractivity contribution in [1.82, 2.24) is 10.6 Å². The zero-order valence-electron chi connectivity index (χ0n) is 12.4. The van der Waals surface area contributed by atoms with E-state index in [1.807, 2.05) is 11.8 Å². The van der Waals surface area contributed by atoms with Gasteiger partial charge in [0.05, 0.1) is 5.92 Å². The monoisotopic (exact) mass is 302 g/mol. The van der Waals surface area contributed by atoms with Gasteiger partial charge < -0.3 is 15.7 Å². The fourth-order valence-electron chi connectivity index (χ4n) is 2.51. The molecule has 0 saturated heterocycles. The fourth-order valence-corrected chi connectivity index (χ4v) is 3.42. The van der Waals surface area contributed by atoms with Gasteiger partial charge in [0.25, 0.3) is 0 Å². The molecule has 2 amide bonds. The third-order valence-corrected chi connectivity index (χ3v) is 5.46. The topological polar surface area (TPSA) is 78.4 Å². The molecule has 5 nitrogen and oxygen atoms in total. The molecule has 0 aromatic carbocycles. The number of thioether (sulfide) groups is 1. The molecule has 1 aliphatic rings. The van der Waals surface area contributed by atoms with Crippen molar-refractivity contribution in [2.24, 2.45) is 5.92 Å². The molecule has 1 aliphatic carbocycles. The van der Waals surface area contributed by atoms with Crippen LogP contribution in [0, 0.1) is 5.92 Å². The van der Waals surface area contributed by atoms with E-state index in [4.69, 9.17) is 5.11 Å². The first-order valence-corrected chi connectivity index (χ1v) is 8.51. The van der Waals surface area contributed by atoms with Crippen LogP contribution in [-0.4, -0.2) is 41.2 Å². The van der Waals surface area contributed by atoms with Gasteiger partial charge in [-0.25, -0.2) is 4.79 Å². The predicted octanol–water partition coefficient (Wildman–Crippen LogP) is 2.46. The minimum absolute atomic E-state index is 0.145. The summed E-state index contributed by atoms with van der Waals surface area (Å²) in [5.74, 6) is -1.13. The molecule has 1 fully saturated rings. The second-order valence-electron chi connectivity index (χ2n) is 5.59. The molecule has 0 bridgehead atoms. The van der Waals surface area contributed by atoms with E-state index in [1.54, 1.807) is 6.92 Å². The molecule has 0 radical (unpaired) electrons. The molecule has 0 aliphatic heterocycles. The van der Waals surface area contributed by atoms with E-state index in [2.05, 4.69) is 16.9 Å². The Bertz CT molecular complexity index is 330. The third-order valence-electron chi connectivity index (χ3n) is 4.04. The van der Waals surface area contributed by atoms with Gasteiger partial charge in [-0.15, -0.1) is 0 Å². The molecule has 1 unspecified atom stereocenters. The number of carbonyl (C=O) groups excluding carboxylic acids is 1.